The van der Waals surface area contributed by atoms with Crippen molar-refractivity contribution in [2.75, 3.05) is 25.0 Å². The Labute approximate surface area is 119 Å². The second-order valence-electron chi connectivity index (χ2n) is 5.28. The lowest BCUT2D eigenvalue weighted by Gasteiger charge is -2.33. The van der Waals surface area contributed by atoms with Crippen molar-refractivity contribution in [2.24, 2.45) is 0 Å². The van der Waals surface area contributed by atoms with Crippen LogP contribution in [0.5, 0.6) is 0 Å². The number of hydrogen-bond donors (Lipinski definition) is 1. The van der Waals surface area contributed by atoms with Crippen molar-refractivity contribution in [1.82, 2.24) is 10.3 Å². The number of aromatic nitrogens is 1. The van der Waals surface area contributed by atoms with Crippen LogP contribution in [0.25, 0.3) is 10.9 Å². The predicted molar refractivity (Wildman–Crippen MR) is 80.8 cm³/mol. The third-order valence-electron chi connectivity index (χ3n) is 3.98. The van der Waals surface area contributed by atoms with E-state index in [1.807, 2.05) is 37.4 Å². The number of nitrogens with one attached hydrogen (secondary N) is 1. The maximum absolute atomic E-state index is 9.39. The molecule has 1 saturated heterocycles. The van der Waals surface area contributed by atoms with Gasteiger partial charge in [0.1, 0.15) is 11.9 Å². The van der Waals surface area contributed by atoms with E-state index in [1.54, 1.807) is 0 Å². The summed E-state index contributed by atoms with van der Waals surface area (Å²) >= 11 is 0. The Morgan fingerprint density at radius 2 is 2.25 bits per heavy atom. The molecule has 0 aliphatic carbocycles. The summed E-state index contributed by atoms with van der Waals surface area (Å²) in [6.45, 7) is 2.04. The Hall–Kier alpha value is -2.12. The van der Waals surface area contributed by atoms with Crippen LogP contribution in [0.1, 0.15) is 18.4 Å². The van der Waals surface area contributed by atoms with E-state index >= 15 is 0 Å². The molecule has 1 fully saturated rings. The average Bonchev–Trinajstić information content (AvgIpc) is 2.53. The van der Waals surface area contributed by atoms with Crippen molar-refractivity contribution in [1.29, 1.82) is 5.26 Å². The molecule has 1 aromatic carbocycles. The molecule has 1 aliphatic rings. The number of nitriles is 1. The molecule has 1 aliphatic heterocycles. The molecule has 1 N–H and O–H groups in total. The molecular formula is C16H18N4. The van der Waals surface area contributed by atoms with Gasteiger partial charge in [0.25, 0.3) is 0 Å². The summed E-state index contributed by atoms with van der Waals surface area (Å²) in [6, 6.07) is 12.6. The zero-order valence-corrected chi connectivity index (χ0v) is 11.6. The van der Waals surface area contributed by atoms with Crippen molar-refractivity contribution in [3.63, 3.8) is 0 Å². The van der Waals surface area contributed by atoms with Gasteiger partial charge in [-0.05, 0) is 31.5 Å². The van der Waals surface area contributed by atoms with Crippen LogP contribution < -0.4 is 10.2 Å². The number of para-hydroxylation sites is 1. The molecule has 0 radical (unpaired) electrons. The van der Waals surface area contributed by atoms with E-state index in [0.29, 0.717) is 11.6 Å². The second-order valence-corrected chi connectivity index (χ2v) is 5.28. The van der Waals surface area contributed by atoms with Crippen LogP contribution in [0.15, 0.2) is 30.3 Å². The first-order chi connectivity index (χ1) is 9.79. The average molecular weight is 266 g/mol. The molecule has 0 spiro atoms. The highest BCUT2D eigenvalue weighted by Gasteiger charge is 2.21. The lowest BCUT2D eigenvalue weighted by molar-refractivity contribution is 0.443. The third-order valence-corrected chi connectivity index (χ3v) is 3.98. The highest BCUT2D eigenvalue weighted by Crippen LogP contribution is 2.25. The minimum Gasteiger partial charge on any atom is -0.354 e. The molecule has 1 unspecified atom stereocenters. The maximum atomic E-state index is 9.39. The van der Waals surface area contributed by atoms with Gasteiger partial charge >= 0.3 is 0 Å². The van der Waals surface area contributed by atoms with E-state index in [1.165, 1.54) is 6.42 Å². The summed E-state index contributed by atoms with van der Waals surface area (Å²) in [4.78, 5) is 6.85. The summed E-state index contributed by atoms with van der Waals surface area (Å²) in [5.41, 5.74) is 1.59. The van der Waals surface area contributed by atoms with Crippen molar-refractivity contribution in [3.8, 4) is 6.07 Å². The van der Waals surface area contributed by atoms with Gasteiger partial charge in [-0.1, -0.05) is 18.2 Å². The van der Waals surface area contributed by atoms with Crippen LogP contribution in [0.3, 0.4) is 0 Å². The predicted octanol–water partition coefficient (Wildman–Crippen LogP) is 2.29. The van der Waals surface area contributed by atoms with Gasteiger partial charge in [0.05, 0.1) is 11.1 Å². The van der Waals surface area contributed by atoms with Gasteiger partial charge in [0, 0.05) is 25.0 Å². The molecule has 2 heterocycles. The number of benzene rings is 1. The van der Waals surface area contributed by atoms with Crippen LogP contribution in [0.4, 0.5) is 5.82 Å². The Morgan fingerprint density at radius 3 is 3.00 bits per heavy atom. The summed E-state index contributed by atoms with van der Waals surface area (Å²) in [6.07, 6.45) is 2.31. The summed E-state index contributed by atoms with van der Waals surface area (Å²) in [5.74, 6) is 0.792. The zero-order chi connectivity index (χ0) is 13.9. The molecular weight excluding hydrogens is 248 g/mol. The summed E-state index contributed by atoms with van der Waals surface area (Å²) in [7, 11) is 2.04. The first-order valence-corrected chi connectivity index (χ1v) is 7.03. The topological polar surface area (TPSA) is 52.0 Å². The number of fused-ring (bicyclic) bond motifs is 1. The fraction of sp³-hybridized carbons (Fsp3) is 0.375. The van der Waals surface area contributed by atoms with Gasteiger partial charge in [-0.25, -0.2) is 4.98 Å². The molecule has 3 rings (SSSR count). The number of pyridine rings is 1. The fourth-order valence-electron chi connectivity index (χ4n) is 2.79. The van der Waals surface area contributed by atoms with Crippen molar-refractivity contribution < 1.29 is 0 Å². The van der Waals surface area contributed by atoms with Gasteiger partial charge < -0.3 is 10.2 Å². The molecule has 102 valence electrons. The Balaban J connectivity index is 2.02. The smallest absolute Gasteiger partial charge is 0.147 e. The standard InChI is InChI=1S/C16H18N4/c1-20(14-6-4-8-18-11-14)16-13(10-17)9-12-5-2-3-7-15(12)19-16/h2-3,5,7,9,14,18H,4,6,8,11H2,1H3. The van der Waals surface area contributed by atoms with E-state index in [4.69, 9.17) is 4.98 Å². The molecule has 2 aromatic rings. The number of nitrogens with zero attached hydrogens (tertiary/aromatic N) is 3. The molecule has 1 aromatic heterocycles. The fourth-order valence-corrected chi connectivity index (χ4v) is 2.79. The quantitative estimate of drug-likeness (QED) is 0.906. The molecule has 0 amide bonds. The number of piperidine rings is 1. The minimum atomic E-state index is 0.407. The van der Waals surface area contributed by atoms with Gasteiger partial charge in [-0.15, -0.1) is 0 Å². The van der Waals surface area contributed by atoms with Crippen molar-refractivity contribution in [3.05, 3.63) is 35.9 Å². The number of anilines is 1. The number of likely N-dealkylation sites (N-methyl/N-ethyl adjacent to an activating group) is 1. The van der Waals surface area contributed by atoms with Crippen molar-refractivity contribution in [2.45, 2.75) is 18.9 Å². The Morgan fingerprint density at radius 1 is 1.40 bits per heavy atom. The van der Waals surface area contributed by atoms with Crippen LogP contribution in [0.2, 0.25) is 0 Å². The lowest BCUT2D eigenvalue weighted by Crippen LogP contribution is -2.44. The lowest BCUT2D eigenvalue weighted by atomic mass is 10.1. The Kier molecular flexibility index (Phi) is 3.53. The Bertz CT molecular complexity index is 653. The van der Waals surface area contributed by atoms with Gasteiger partial charge in [-0.3, -0.25) is 0 Å². The summed E-state index contributed by atoms with van der Waals surface area (Å²) < 4.78 is 0. The molecule has 0 bridgehead atoms. The first-order valence-electron chi connectivity index (χ1n) is 7.03. The molecule has 20 heavy (non-hydrogen) atoms. The number of hydrogen-bond acceptors (Lipinski definition) is 4. The zero-order valence-electron chi connectivity index (χ0n) is 11.6. The molecule has 4 nitrogen and oxygen atoms in total. The van der Waals surface area contributed by atoms with Gasteiger partial charge in [0.15, 0.2) is 0 Å². The van der Waals surface area contributed by atoms with E-state index in [2.05, 4.69) is 16.3 Å². The maximum Gasteiger partial charge on any atom is 0.147 e. The largest absolute Gasteiger partial charge is 0.354 e. The monoisotopic (exact) mass is 266 g/mol. The van der Waals surface area contributed by atoms with Crippen LogP contribution in [-0.2, 0) is 0 Å². The van der Waals surface area contributed by atoms with Crippen LogP contribution in [-0.4, -0.2) is 31.2 Å². The van der Waals surface area contributed by atoms with Gasteiger partial charge in [0.2, 0.25) is 0 Å². The van der Waals surface area contributed by atoms with E-state index in [0.717, 1.165) is 36.2 Å². The van der Waals surface area contributed by atoms with Crippen molar-refractivity contribution >= 4 is 16.7 Å². The summed E-state index contributed by atoms with van der Waals surface area (Å²) in [5, 5.41) is 13.8. The van der Waals surface area contributed by atoms with E-state index in [-0.39, 0.29) is 0 Å². The minimum absolute atomic E-state index is 0.407. The van der Waals surface area contributed by atoms with E-state index in [9.17, 15) is 5.26 Å². The van der Waals surface area contributed by atoms with Crippen LogP contribution in [0, 0.1) is 11.3 Å². The highest BCUT2D eigenvalue weighted by atomic mass is 15.2. The second kappa shape index (κ2) is 5.48. The first kappa shape index (κ1) is 12.9. The SMILES string of the molecule is CN(c1nc2ccccc2cc1C#N)C1CCCNC1. The normalized spacial score (nSPS) is 18.7. The molecule has 4 heteroatoms. The molecule has 1 atom stereocenters. The van der Waals surface area contributed by atoms with E-state index < -0.39 is 0 Å². The molecule has 0 saturated carbocycles. The van der Waals surface area contributed by atoms with Gasteiger partial charge in [-0.2, -0.15) is 5.26 Å². The van der Waals surface area contributed by atoms with Crippen LogP contribution >= 0.6 is 0 Å². The third kappa shape index (κ3) is 2.33. The highest BCUT2D eigenvalue weighted by molar-refractivity contribution is 5.83. The number of rotatable bonds is 2.